The van der Waals surface area contributed by atoms with E-state index in [-0.39, 0.29) is 17.8 Å². The van der Waals surface area contributed by atoms with Crippen molar-refractivity contribution in [3.63, 3.8) is 0 Å². The van der Waals surface area contributed by atoms with Crippen molar-refractivity contribution in [2.24, 2.45) is 5.92 Å². The molecular formula is C20H25N3O4. The Bertz CT molecular complexity index is 887. The van der Waals surface area contributed by atoms with E-state index >= 15 is 0 Å². The van der Waals surface area contributed by atoms with Gasteiger partial charge in [0.25, 0.3) is 5.56 Å². The van der Waals surface area contributed by atoms with Crippen molar-refractivity contribution in [1.82, 2.24) is 14.9 Å². The second-order valence-electron chi connectivity index (χ2n) is 7.25. The fourth-order valence-electron chi connectivity index (χ4n) is 3.49. The van der Waals surface area contributed by atoms with E-state index in [1.165, 1.54) is 6.07 Å². The average Bonchev–Trinajstić information content (AvgIpc) is 2.60. The normalized spacial score (nSPS) is 17.8. The molecule has 27 heavy (non-hydrogen) atoms. The first kappa shape index (κ1) is 19.1. The minimum Gasteiger partial charge on any atom is -0.491 e. The summed E-state index contributed by atoms with van der Waals surface area (Å²) in [5.41, 5.74) is 0.290. The highest BCUT2D eigenvalue weighted by atomic mass is 16.5. The van der Waals surface area contributed by atoms with E-state index in [0.29, 0.717) is 30.1 Å². The lowest BCUT2D eigenvalue weighted by molar-refractivity contribution is 0.0809. The molecule has 0 bridgehead atoms. The second kappa shape index (κ2) is 8.35. The van der Waals surface area contributed by atoms with E-state index < -0.39 is 11.2 Å². The number of likely N-dealkylation sites (tertiary alicyclic amines) is 1. The number of benzene rings is 1. The Morgan fingerprint density at radius 3 is 2.81 bits per heavy atom. The number of nitrogens with zero attached hydrogens (tertiary/aromatic N) is 1. The molecule has 1 aliphatic heterocycles. The van der Waals surface area contributed by atoms with Crippen LogP contribution in [0.4, 0.5) is 0 Å². The minimum atomic E-state index is -0.510. The van der Waals surface area contributed by atoms with Crippen LogP contribution in [0.5, 0.6) is 5.75 Å². The Hall–Kier alpha value is -2.67. The van der Waals surface area contributed by atoms with Gasteiger partial charge in [-0.1, -0.05) is 12.1 Å². The van der Waals surface area contributed by atoms with Crippen molar-refractivity contribution in [2.45, 2.75) is 39.3 Å². The molecule has 2 heterocycles. The van der Waals surface area contributed by atoms with Gasteiger partial charge < -0.3 is 9.72 Å². The first-order valence-corrected chi connectivity index (χ1v) is 9.26. The molecular weight excluding hydrogens is 346 g/mol. The van der Waals surface area contributed by atoms with Gasteiger partial charge in [0.2, 0.25) is 0 Å². The van der Waals surface area contributed by atoms with Gasteiger partial charge in [0.15, 0.2) is 5.78 Å². The predicted octanol–water partition coefficient (Wildman–Crippen LogP) is 1.95. The molecule has 2 N–H and O–H groups in total. The SMILES string of the molecule is CC(C)Oc1cccc(C(=O)[C@H]2CCCN(Cc3cc(=O)[nH]c(=O)[nH]3)C2)c1. The molecule has 1 fully saturated rings. The van der Waals surface area contributed by atoms with Crippen molar-refractivity contribution < 1.29 is 9.53 Å². The van der Waals surface area contributed by atoms with Crippen LogP contribution in [0.1, 0.15) is 42.7 Å². The van der Waals surface area contributed by atoms with E-state index in [1.807, 2.05) is 32.0 Å². The van der Waals surface area contributed by atoms with Gasteiger partial charge >= 0.3 is 5.69 Å². The molecule has 1 aromatic carbocycles. The topological polar surface area (TPSA) is 95.3 Å². The number of rotatable bonds is 6. The Morgan fingerprint density at radius 1 is 1.26 bits per heavy atom. The van der Waals surface area contributed by atoms with E-state index in [1.54, 1.807) is 6.07 Å². The summed E-state index contributed by atoms with van der Waals surface area (Å²) in [7, 11) is 0. The maximum Gasteiger partial charge on any atom is 0.325 e. The molecule has 1 aromatic heterocycles. The fraction of sp³-hybridized carbons (Fsp3) is 0.450. The third-order valence-corrected chi connectivity index (χ3v) is 4.58. The smallest absolute Gasteiger partial charge is 0.325 e. The molecule has 3 rings (SSSR count). The first-order valence-electron chi connectivity index (χ1n) is 9.26. The summed E-state index contributed by atoms with van der Waals surface area (Å²) in [6.45, 7) is 5.77. The quantitative estimate of drug-likeness (QED) is 0.757. The van der Waals surface area contributed by atoms with E-state index in [4.69, 9.17) is 4.74 Å². The Kier molecular flexibility index (Phi) is 5.91. The zero-order valence-electron chi connectivity index (χ0n) is 15.7. The average molecular weight is 371 g/mol. The maximum atomic E-state index is 12.9. The Morgan fingerprint density at radius 2 is 2.07 bits per heavy atom. The number of aromatic amines is 2. The number of hydrogen-bond acceptors (Lipinski definition) is 5. The third kappa shape index (κ3) is 5.17. The highest BCUT2D eigenvalue weighted by molar-refractivity contribution is 5.98. The molecule has 0 radical (unpaired) electrons. The van der Waals surface area contributed by atoms with Crippen LogP contribution in [0.3, 0.4) is 0 Å². The lowest BCUT2D eigenvalue weighted by Gasteiger charge is -2.31. The summed E-state index contributed by atoms with van der Waals surface area (Å²) < 4.78 is 5.69. The number of aromatic nitrogens is 2. The van der Waals surface area contributed by atoms with E-state index in [2.05, 4.69) is 14.9 Å². The summed E-state index contributed by atoms with van der Waals surface area (Å²) in [5.74, 6) is 0.694. The number of ether oxygens (including phenoxy) is 1. The Labute approximate surface area is 157 Å². The second-order valence-corrected chi connectivity index (χ2v) is 7.25. The van der Waals surface area contributed by atoms with Gasteiger partial charge in [-0.15, -0.1) is 0 Å². The zero-order chi connectivity index (χ0) is 19.4. The third-order valence-electron chi connectivity index (χ3n) is 4.58. The van der Waals surface area contributed by atoms with Gasteiger partial charge in [-0.25, -0.2) is 4.79 Å². The van der Waals surface area contributed by atoms with E-state index in [9.17, 15) is 14.4 Å². The van der Waals surface area contributed by atoms with E-state index in [0.717, 1.165) is 19.4 Å². The fourth-order valence-corrected chi connectivity index (χ4v) is 3.49. The largest absolute Gasteiger partial charge is 0.491 e. The van der Waals surface area contributed by atoms with Crippen LogP contribution in [-0.4, -0.2) is 39.8 Å². The van der Waals surface area contributed by atoms with Crippen molar-refractivity contribution >= 4 is 5.78 Å². The van der Waals surface area contributed by atoms with Crippen LogP contribution in [-0.2, 0) is 6.54 Å². The number of nitrogens with one attached hydrogen (secondary N) is 2. The molecule has 1 saturated heterocycles. The van der Waals surface area contributed by atoms with Crippen molar-refractivity contribution in [1.29, 1.82) is 0 Å². The van der Waals surface area contributed by atoms with Gasteiger partial charge in [-0.2, -0.15) is 0 Å². The molecule has 1 atom stereocenters. The van der Waals surface area contributed by atoms with Gasteiger partial charge in [-0.05, 0) is 45.4 Å². The summed E-state index contributed by atoms with van der Waals surface area (Å²) in [5, 5.41) is 0. The summed E-state index contributed by atoms with van der Waals surface area (Å²) in [6, 6.07) is 8.71. The van der Waals surface area contributed by atoms with Crippen molar-refractivity contribution in [3.8, 4) is 5.75 Å². The number of piperidine rings is 1. The minimum absolute atomic E-state index is 0.0525. The number of carbonyl (C=O) groups is 1. The number of hydrogen-bond donors (Lipinski definition) is 2. The van der Waals surface area contributed by atoms with Crippen molar-refractivity contribution in [3.05, 3.63) is 62.4 Å². The summed E-state index contributed by atoms with van der Waals surface area (Å²) in [6.07, 6.45) is 1.78. The number of H-pyrrole nitrogens is 2. The van der Waals surface area contributed by atoms with Crippen LogP contribution >= 0.6 is 0 Å². The van der Waals surface area contributed by atoms with Crippen LogP contribution < -0.4 is 16.0 Å². The first-order chi connectivity index (χ1) is 12.9. The van der Waals surface area contributed by atoms with Crippen LogP contribution in [0.2, 0.25) is 0 Å². The van der Waals surface area contributed by atoms with Crippen LogP contribution in [0.15, 0.2) is 39.9 Å². The van der Waals surface area contributed by atoms with Gasteiger partial charge in [-0.3, -0.25) is 19.5 Å². The molecule has 1 aliphatic rings. The molecule has 7 heteroatoms. The number of Topliss-reactive ketones (excluding diaryl/α,β-unsaturated/α-hetero) is 1. The molecule has 0 saturated carbocycles. The lowest BCUT2D eigenvalue weighted by atomic mass is 9.90. The highest BCUT2D eigenvalue weighted by Crippen LogP contribution is 2.24. The van der Waals surface area contributed by atoms with Gasteiger partial charge in [0, 0.05) is 36.3 Å². The molecule has 2 aromatic rings. The monoisotopic (exact) mass is 371 g/mol. The standard InChI is InChI=1S/C20H25N3O4/c1-13(2)27-17-7-3-5-14(9-17)19(25)15-6-4-8-23(11-15)12-16-10-18(24)22-20(26)21-16/h3,5,7,9-10,13,15H,4,6,8,11-12H2,1-2H3,(H2,21,22,24,26)/t15-/m0/s1. The molecule has 144 valence electrons. The number of carbonyl (C=O) groups excluding carboxylic acids is 1. The van der Waals surface area contributed by atoms with Crippen LogP contribution in [0.25, 0.3) is 0 Å². The van der Waals surface area contributed by atoms with Crippen molar-refractivity contribution in [2.75, 3.05) is 13.1 Å². The lowest BCUT2D eigenvalue weighted by Crippen LogP contribution is -2.39. The number of ketones is 1. The van der Waals surface area contributed by atoms with Crippen LogP contribution in [0, 0.1) is 5.92 Å². The van der Waals surface area contributed by atoms with Gasteiger partial charge in [0.05, 0.1) is 6.10 Å². The maximum absolute atomic E-state index is 12.9. The molecule has 0 aliphatic carbocycles. The predicted molar refractivity (Wildman–Crippen MR) is 102 cm³/mol. The van der Waals surface area contributed by atoms with Gasteiger partial charge in [0.1, 0.15) is 5.75 Å². The molecule has 0 amide bonds. The molecule has 7 nitrogen and oxygen atoms in total. The zero-order valence-corrected chi connectivity index (χ0v) is 15.7. The summed E-state index contributed by atoms with van der Waals surface area (Å²) >= 11 is 0. The molecule has 0 unspecified atom stereocenters. The molecule has 0 spiro atoms. The highest BCUT2D eigenvalue weighted by Gasteiger charge is 2.27. The Balaban J connectivity index is 1.69. The summed E-state index contributed by atoms with van der Waals surface area (Å²) in [4.78, 5) is 42.7.